The normalized spacial score (nSPS) is 10.4. The highest BCUT2D eigenvalue weighted by molar-refractivity contribution is 9.10. The van der Waals surface area contributed by atoms with E-state index in [0.29, 0.717) is 11.1 Å². The second-order valence-corrected chi connectivity index (χ2v) is 4.09. The Bertz CT molecular complexity index is 551. The zero-order valence-electron chi connectivity index (χ0n) is 8.23. The maximum atomic E-state index is 12.7. The molecular weight excluding hydrogens is 275 g/mol. The summed E-state index contributed by atoms with van der Waals surface area (Å²) in [7, 11) is 0. The van der Waals surface area contributed by atoms with Crippen LogP contribution in [0.15, 0.2) is 45.8 Å². The molecular formula is C11H8BrFN2O. The van der Waals surface area contributed by atoms with Gasteiger partial charge in [0.2, 0.25) is 0 Å². The van der Waals surface area contributed by atoms with Crippen LogP contribution < -0.4 is 5.56 Å². The van der Waals surface area contributed by atoms with E-state index in [1.807, 2.05) is 0 Å². The Kier molecular flexibility index (Phi) is 3.14. The van der Waals surface area contributed by atoms with Crippen molar-refractivity contribution in [3.63, 3.8) is 0 Å². The fraction of sp³-hybridized carbons (Fsp3) is 0.0909. The number of halogens is 2. The predicted molar refractivity (Wildman–Crippen MR) is 61.7 cm³/mol. The number of hydrogen-bond acceptors (Lipinski definition) is 2. The molecule has 0 N–H and O–H groups in total. The van der Waals surface area contributed by atoms with Gasteiger partial charge in [0.25, 0.3) is 5.56 Å². The summed E-state index contributed by atoms with van der Waals surface area (Å²) < 4.78 is 14.6. The summed E-state index contributed by atoms with van der Waals surface area (Å²) >= 11 is 3.19. The Balaban J connectivity index is 2.30. The molecule has 0 aliphatic heterocycles. The number of hydrogen-bond donors (Lipinski definition) is 0. The van der Waals surface area contributed by atoms with Crippen LogP contribution in [0, 0.1) is 5.82 Å². The van der Waals surface area contributed by atoms with E-state index in [2.05, 4.69) is 21.0 Å². The van der Waals surface area contributed by atoms with E-state index in [4.69, 9.17) is 0 Å². The average molecular weight is 283 g/mol. The van der Waals surface area contributed by atoms with Crippen molar-refractivity contribution in [2.45, 2.75) is 6.54 Å². The van der Waals surface area contributed by atoms with E-state index in [9.17, 15) is 9.18 Å². The molecule has 0 atom stereocenters. The van der Waals surface area contributed by atoms with Gasteiger partial charge in [-0.1, -0.05) is 12.1 Å². The van der Waals surface area contributed by atoms with Crippen LogP contribution in [0.3, 0.4) is 0 Å². The second-order valence-electron chi connectivity index (χ2n) is 3.28. The molecule has 82 valence electrons. The van der Waals surface area contributed by atoms with Crippen LogP contribution in [0.2, 0.25) is 0 Å². The van der Waals surface area contributed by atoms with Crippen LogP contribution in [0.5, 0.6) is 0 Å². The second kappa shape index (κ2) is 4.57. The molecule has 0 bridgehead atoms. The number of rotatable bonds is 2. The molecule has 0 amide bonds. The van der Waals surface area contributed by atoms with E-state index < -0.39 is 0 Å². The number of aromatic nitrogens is 2. The Hall–Kier alpha value is -1.49. The van der Waals surface area contributed by atoms with E-state index >= 15 is 0 Å². The van der Waals surface area contributed by atoms with Crippen LogP contribution in [0.25, 0.3) is 0 Å². The number of nitrogens with zero attached hydrogens (tertiary/aromatic N) is 2. The van der Waals surface area contributed by atoms with Crippen molar-refractivity contribution in [1.29, 1.82) is 0 Å². The lowest BCUT2D eigenvalue weighted by Crippen LogP contribution is -2.22. The highest BCUT2D eigenvalue weighted by Crippen LogP contribution is 2.05. The molecule has 0 unspecified atom stereocenters. The summed E-state index contributed by atoms with van der Waals surface area (Å²) in [4.78, 5) is 11.4. The monoisotopic (exact) mass is 282 g/mol. The van der Waals surface area contributed by atoms with Gasteiger partial charge in [0.15, 0.2) is 0 Å². The van der Waals surface area contributed by atoms with Gasteiger partial charge in [-0.15, -0.1) is 0 Å². The fourth-order valence-electron chi connectivity index (χ4n) is 1.30. The molecule has 3 nitrogen and oxygen atoms in total. The Labute approximate surface area is 99.7 Å². The minimum absolute atomic E-state index is 0.187. The first-order chi connectivity index (χ1) is 7.65. The van der Waals surface area contributed by atoms with Gasteiger partial charge >= 0.3 is 0 Å². The van der Waals surface area contributed by atoms with E-state index in [1.54, 1.807) is 18.2 Å². The van der Waals surface area contributed by atoms with Crippen LogP contribution >= 0.6 is 15.9 Å². The highest BCUT2D eigenvalue weighted by atomic mass is 79.9. The lowest BCUT2D eigenvalue weighted by Gasteiger charge is -2.04. The van der Waals surface area contributed by atoms with Gasteiger partial charge < -0.3 is 0 Å². The molecule has 1 aromatic heterocycles. The van der Waals surface area contributed by atoms with Gasteiger partial charge in [0.1, 0.15) is 10.4 Å². The highest BCUT2D eigenvalue weighted by Gasteiger charge is 2.00. The molecule has 0 saturated heterocycles. The molecule has 2 rings (SSSR count). The topological polar surface area (TPSA) is 34.9 Å². The molecule has 0 saturated carbocycles. The molecule has 1 aromatic carbocycles. The molecule has 0 aliphatic rings. The molecule has 0 spiro atoms. The third-order valence-corrected chi connectivity index (χ3v) is 2.50. The van der Waals surface area contributed by atoms with Crippen molar-refractivity contribution >= 4 is 15.9 Å². The molecule has 0 radical (unpaired) electrons. The van der Waals surface area contributed by atoms with Crippen LogP contribution in [-0.2, 0) is 6.54 Å². The zero-order valence-corrected chi connectivity index (χ0v) is 9.82. The first-order valence-corrected chi connectivity index (χ1v) is 5.42. The molecule has 1 heterocycles. The third-order valence-electron chi connectivity index (χ3n) is 2.08. The summed E-state index contributed by atoms with van der Waals surface area (Å²) in [6.07, 6.45) is 0. The summed E-state index contributed by atoms with van der Waals surface area (Å²) in [6, 6.07) is 9.00. The van der Waals surface area contributed by atoms with Crippen molar-refractivity contribution in [3.05, 3.63) is 62.7 Å². The molecule has 5 heteroatoms. The minimum atomic E-state index is -0.293. The molecule has 0 aliphatic carbocycles. The van der Waals surface area contributed by atoms with E-state index in [1.165, 1.54) is 22.9 Å². The van der Waals surface area contributed by atoms with E-state index in [0.717, 1.165) is 5.56 Å². The van der Waals surface area contributed by atoms with Gasteiger partial charge in [-0.3, -0.25) is 4.79 Å². The Morgan fingerprint density at radius 3 is 2.56 bits per heavy atom. The lowest BCUT2D eigenvalue weighted by molar-refractivity contribution is 0.616. The van der Waals surface area contributed by atoms with Gasteiger partial charge in [0, 0.05) is 6.07 Å². The van der Waals surface area contributed by atoms with Crippen LogP contribution in [-0.4, -0.2) is 9.78 Å². The smallest absolute Gasteiger partial charge is 0.267 e. The maximum Gasteiger partial charge on any atom is 0.267 e. The third kappa shape index (κ3) is 2.55. The number of benzene rings is 1. The predicted octanol–water partition coefficient (Wildman–Crippen LogP) is 2.19. The van der Waals surface area contributed by atoms with Crippen molar-refractivity contribution in [2.24, 2.45) is 0 Å². The van der Waals surface area contributed by atoms with Gasteiger partial charge in [-0.2, -0.15) is 5.10 Å². The van der Waals surface area contributed by atoms with Crippen molar-refractivity contribution in [3.8, 4) is 0 Å². The largest absolute Gasteiger partial charge is 0.268 e. The molecule has 2 aromatic rings. The standard InChI is InChI=1S/C11H8BrFN2O/c12-10-5-6-11(16)15(14-10)7-8-1-3-9(13)4-2-8/h1-6H,7H2. The maximum absolute atomic E-state index is 12.7. The molecule has 0 fully saturated rings. The Morgan fingerprint density at radius 2 is 1.88 bits per heavy atom. The minimum Gasteiger partial charge on any atom is -0.268 e. The van der Waals surface area contributed by atoms with Crippen molar-refractivity contribution in [1.82, 2.24) is 9.78 Å². The SMILES string of the molecule is O=c1ccc(Br)nn1Cc1ccc(F)cc1. The summed E-state index contributed by atoms with van der Waals surface area (Å²) in [6.45, 7) is 0.332. The van der Waals surface area contributed by atoms with Gasteiger partial charge in [-0.25, -0.2) is 9.07 Å². The average Bonchev–Trinajstić information content (AvgIpc) is 2.27. The summed E-state index contributed by atoms with van der Waals surface area (Å²) in [5.74, 6) is -0.293. The molecule has 16 heavy (non-hydrogen) atoms. The first kappa shape index (κ1) is 11.0. The van der Waals surface area contributed by atoms with Gasteiger partial charge in [-0.05, 0) is 39.7 Å². The summed E-state index contributed by atoms with van der Waals surface area (Å²) in [5, 5.41) is 4.02. The van der Waals surface area contributed by atoms with Crippen molar-refractivity contribution < 1.29 is 4.39 Å². The van der Waals surface area contributed by atoms with Crippen molar-refractivity contribution in [2.75, 3.05) is 0 Å². The Morgan fingerprint density at radius 1 is 1.19 bits per heavy atom. The van der Waals surface area contributed by atoms with Crippen LogP contribution in [0.4, 0.5) is 4.39 Å². The van der Waals surface area contributed by atoms with Gasteiger partial charge in [0.05, 0.1) is 6.54 Å². The fourth-order valence-corrected chi connectivity index (χ4v) is 1.62. The zero-order chi connectivity index (χ0) is 11.5. The lowest BCUT2D eigenvalue weighted by atomic mass is 10.2. The summed E-state index contributed by atoms with van der Waals surface area (Å²) in [5.41, 5.74) is 0.640. The van der Waals surface area contributed by atoms with E-state index in [-0.39, 0.29) is 11.4 Å². The quantitative estimate of drug-likeness (QED) is 0.846. The first-order valence-electron chi connectivity index (χ1n) is 4.63. The van der Waals surface area contributed by atoms with Crippen LogP contribution in [0.1, 0.15) is 5.56 Å².